The number of fused-ring (bicyclic) bond motifs is 1. The molecule has 0 radical (unpaired) electrons. The molecule has 5 heteroatoms. The van der Waals surface area contributed by atoms with Crippen LogP contribution in [0.1, 0.15) is 23.4 Å². The predicted molar refractivity (Wildman–Crippen MR) is 121 cm³/mol. The Morgan fingerprint density at radius 1 is 1.00 bits per heavy atom. The molecule has 1 N–H and O–H groups in total. The van der Waals surface area contributed by atoms with Crippen LogP contribution >= 0.6 is 11.3 Å². The second-order valence-electron chi connectivity index (χ2n) is 7.84. The van der Waals surface area contributed by atoms with E-state index in [0.717, 1.165) is 44.7 Å². The molecular weight excluding hydrogens is 378 g/mol. The normalized spacial score (nSPS) is 16.7. The number of rotatable bonds is 7. The lowest BCUT2D eigenvalue weighted by Crippen LogP contribution is -2.49. The van der Waals surface area contributed by atoms with E-state index >= 15 is 0 Å². The molecule has 1 amide bonds. The van der Waals surface area contributed by atoms with Gasteiger partial charge in [0.25, 0.3) is 0 Å². The third-order valence-electron chi connectivity index (χ3n) is 5.74. The Hall–Kier alpha value is -2.21. The van der Waals surface area contributed by atoms with E-state index < -0.39 is 0 Å². The van der Waals surface area contributed by atoms with Gasteiger partial charge in [0.15, 0.2) is 0 Å². The monoisotopic (exact) mass is 407 g/mol. The van der Waals surface area contributed by atoms with Crippen molar-refractivity contribution < 1.29 is 4.79 Å². The van der Waals surface area contributed by atoms with Crippen molar-refractivity contribution >= 4 is 28.0 Å². The zero-order valence-corrected chi connectivity index (χ0v) is 17.8. The summed E-state index contributed by atoms with van der Waals surface area (Å²) in [7, 11) is 0. The van der Waals surface area contributed by atoms with Crippen molar-refractivity contribution in [2.45, 2.75) is 19.4 Å². The van der Waals surface area contributed by atoms with Gasteiger partial charge in [0.1, 0.15) is 0 Å². The third-order valence-corrected chi connectivity index (χ3v) is 6.67. The van der Waals surface area contributed by atoms with E-state index in [1.807, 2.05) is 11.3 Å². The van der Waals surface area contributed by atoms with Gasteiger partial charge in [-0.3, -0.25) is 9.69 Å². The van der Waals surface area contributed by atoms with Crippen LogP contribution in [0.2, 0.25) is 0 Å². The fraction of sp³-hybridized carbons (Fsp3) is 0.375. The Morgan fingerprint density at radius 3 is 2.52 bits per heavy atom. The third kappa shape index (κ3) is 5.44. The van der Waals surface area contributed by atoms with Gasteiger partial charge in [-0.15, -0.1) is 11.3 Å². The first-order chi connectivity index (χ1) is 14.2. The number of amides is 1. The quantitative estimate of drug-likeness (QED) is 0.644. The highest BCUT2D eigenvalue weighted by Gasteiger charge is 2.19. The number of carbonyl (C=O) groups excluding carboxylic acids is 1. The van der Waals surface area contributed by atoms with Crippen molar-refractivity contribution in [3.05, 3.63) is 70.4 Å². The van der Waals surface area contributed by atoms with E-state index in [2.05, 4.69) is 82.0 Å². The van der Waals surface area contributed by atoms with Gasteiger partial charge < -0.3 is 10.2 Å². The minimum atomic E-state index is 0.0131. The lowest BCUT2D eigenvalue weighted by molar-refractivity contribution is -0.123. The molecule has 1 saturated heterocycles. The number of nitrogens with one attached hydrogen (secondary N) is 1. The van der Waals surface area contributed by atoms with Crippen molar-refractivity contribution in [1.82, 2.24) is 15.1 Å². The minimum Gasteiger partial charge on any atom is -0.348 e. The highest BCUT2D eigenvalue weighted by Crippen LogP contribution is 2.20. The molecule has 152 valence electrons. The van der Waals surface area contributed by atoms with Gasteiger partial charge in [0, 0.05) is 37.6 Å². The summed E-state index contributed by atoms with van der Waals surface area (Å²) in [5.41, 5.74) is 1.15. The summed E-state index contributed by atoms with van der Waals surface area (Å²) in [6.45, 7) is 7.66. The summed E-state index contributed by atoms with van der Waals surface area (Å²) in [6.07, 6.45) is 1.13. The van der Waals surface area contributed by atoms with E-state index in [4.69, 9.17) is 0 Å². The first-order valence-electron chi connectivity index (χ1n) is 10.4. The first-order valence-corrected chi connectivity index (χ1v) is 11.3. The summed E-state index contributed by atoms with van der Waals surface area (Å²) in [6, 6.07) is 19.1. The molecule has 0 spiro atoms. The fourth-order valence-corrected chi connectivity index (χ4v) is 4.64. The smallest absolute Gasteiger partial charge is 0.234 e. The van der Waals surface area contributed by atoms with E-state index in [-0.39, 0.29) is 11.9 Å². The summed E-state index contributed by atoms with van der Waals surface area (Å²) in [5.74, 6) is 0.109. The van der Waals surface area contributed by atoms with Crippen LogP contribution in [0.15, 0.2) is 60.0 Å². The summed E-state index contributed by atoms with van der Waals surface area (Å²) < 4.78 is 0. The Bertz CT molecular complexity index is 932. The largest absolute Gasteiger partial charge is 0.348 e. The van der Waals surface area contributed by atoms with Gasteiger partial charge in [-0.25, -0.2) is 0 Å². The molecule has 1 fully saturated rings. The van der Waals surface area contributed by atoms with Crippen LogP contribution in [0.3, 0.4) is 0 Å². The van der Waals surface area contributed by atoms with Crippen LogP contribution in [0.25, 0.3) is 10.8 Å². The van der Waals surface area contributed by atoms with Gasteiger partial charge in [0.2, 0.25) is 5.91 Å². The summed E-state index contributed by atoms with van der Waals surface area (Å²) >= 11 is 1.83. The SMILES string of the molecule is CC(NC(=O)CN1CCN(CCc2cccs2)CC1)c1ccc2ccccc2c1. The maximum absolute atomic E-state index is 12.6. The van der Waals surface area contributed by atoms with Crippen molar-refractivity contribution in [3.63, 3.8) is 0 Å². The molecule has 4 rings (SSSR count). The summed E-state index contributed by atoms with van der Waals surface area (Å²) in [4.78, 5) is 18.8. The van der Waals surface area contributed by atoms with Crippen LogP contribution in [0, 0.1) is 0 Å². The molecular formula is C24H29N3OS. The summed E-state index contributed by atoms with van der Waals surface area (Å²) in [5, 5.41) is 7.76. The van der Waals surface area contributed by atoms with Crippen LogP contribution in [-0.4, -0.2) is 55.0 Å². The molecule has 1 unspecified atom stereocenters. The molecule has 0 bridgehead atoms. The van der Waals surface area contributed by atoms with Crippen molar-refractivity contribution in [2.24, 2.45) is 0 Å². The fourth-order valence-electron chi connectivity index (χ4n) is 3.94. The molecule has 1 aliphatic rings. The molecule has 1 atom stereocenters. The van der Waals surface area contributed by atoms with Crippen LogP contribution in [0.5, 0.6) is 0 Å². The molecule has 4 nitrogen and oxygen atoms in total. The minimum absolute atomic E-state index is 0.0131. The maximum atomic E-state index is 12.6. The number of piperazine rings is 1. The average molecular weight is 408 g/mol. The van der Waals surface area contributed by atoms with Gasteiger partial charge in [0.05, 0.1) is 12.6 Å². The maximum Gasteiger partial charge on any atom is 0.234 e. The first kappa shape index (κ1) is 20.1. The molecule has 1 aromatic heterocycles. The Balaban J connectivity index is 1.22. The Kier molecular flexibility index (Phi) is 6.60. The topological polar surface area (TPSA) is 35.6 Å². The number of nitrogens with zero attached hydrogens (tertiary/aromatic N) is 2. The number of thiophene rings is 1. The van der Waals surface area contributed by atoms with Gasteiger partial charge in [-0.2, -0.15) is 0 Å². The van der Waals surface area contributed by atoms with Crippen LogP contribution in [0.4, 0.5) is 0 Å². The average Bonchev–Trinajstić information content (AvgIpc) is 3.26. The molecule has 3 aromatic rings. The molecule has 29 heavy (non-hydrogen) atoms. The highest BCUT2D eigenvalue weighted by atomic mass is 32.1. The number of hydrogen-bond donors (Lipinski definition) is 1. The second kappa shape index (κ2) is 9.53. The van der Waals surface area contributed by atoms with Gasteiger partial charge in [-0.05, 0) is 47.2 Å². The zero-order valence-electron chi connectivity index (χ0n) is 17.0. The molecule has 1 aliphatic heterocycles. The molecule has 2 heterocycles. The Morgan fingerprint density at radius 2 is 1.76 bits per heavy atom. The molecule has 0 saturated carbocycles. The van der Waals surface area contributed by atoms with E-state index in [1.54, 1.807) is 0 Å². The standard InChI is InChI=1S/C24H29N3OS/c1-19(21-9-8-20-5-2-3-6-22(20)17-21)25-24(28)18-27-14-12-26(13-15-27)11-10-23-7-4-16-29-23/h2-9,16-17,19H,10-15,18H2,1H3,(H,25,28). The number of hydrogen-bond acceptors (Lipinski definition) is 4. The number of carbonyl (C=O) groups is 1. The lowest BCUT2D eigenvalue weighted by atomic mass is 10.0. The van der Waals surface area contributed by atoms with Crippen molar-refractivity contribution in [2.75, 3.05) is 39.3 Å². The van der Waals surface area contributed by atoms with Gasteiger partial charge in [-0.1, -0.05) is 42.5 Å². The lowest BCUT2D eigenvalue weighted by Gasteiger charge is -2.34. The van der Waals surface area contributed by atoms with Crippen LogP contribution in [-0.2, 0) is 11.2 Å². The van der Waals surface area contributed by atoms with Crippen molar-refractivity contribution in [1.29, 1.82) is 0 Å². The van der Waals surface area contributed by atoms with E-state index in [1.165, 1.54) is 15.6 Å². The Labute approximate surface area is 177 Å². The number of benzene rings is 2. The molecule has 0 aliphatic carbocycles. The zero-order chi connectivity index (χ0) is 20.1. The second-order valence-corrected chi connectivity index (χ2v) is 8.88. The van der Waals surface area contributed by atoms with Gasteiger partial charge >= 0.3 is 0 Å². The molecule has 2 aromatic carbocycles. The van der Waals surface area contributed by atoms with E-state index in [0.29, 0.717) is 6.54 Å². The van der Waals surface area contributed by atoms with Crippen LogP contribution < -0.4 is 5.32 Å². The highest BCUT2D eigenvalue weighted by molar-refractivity contribution is 7.09. The van der Waals surface area contributed by atoms with E-state index in [9.17, 15) is 4.79 Å². The van der Waals surface area contributed by atoms with Crippen molar-refractivity contribution in [3.8, 4) is 0 Å². The predicted octanol–water partition coefficient (Wildman–Crippen LogP) is 3.94.